The first kappa shape index (κ1) is 26.0. The number of hydrogen-bond acceptors (Lipinski definition) is 8. The standard InChI is InChI=1S/C30H35N7O4/c1-30-7-4-3-5-25(30)35-9-10-36(29(40)24(35)15-30)27-22(17-38)21(6-8-31-27)19-13-23(28(39)34(2)16-19)32-26-14-20-18-41-12-11-37(20)33-26/h6,8,13-16,25,38H,3-5,7,9-12,17-18H2,1-2H3,(H,32,33). The van der Waals surface area contributed by atoms with Crippen molar-refractivity contribution in [2.45, 2.75) is 58.4 Å². The number of carbonyl (C=O) groups excluding carboxylic acids is 1. The van der Waals surface area contributed by atoms with E-state index in [-0.39, 0.29) is 23.5 Å². The first-order valence-electron chi connectivity index (χ1n) is 14.4. The molecule has 1 saturated heterocycles. The third-order valence-electron chi connectivity index (χ3n) is 9.15. The number of aromatic nitrogens is 4. The number of amides is 1. The molecule has 2 atom stereocenters. The molecule has 3 aliphatic heterocycles. The summed E-state index contributed by atoms with van der Waals surface area (Å²) in [6.45, 7) is 4.97. The van der Waals surface area contributed by atoms with Crippen molar-refractivity contribution in [1.29, 1.82) is 0 Å². The Kier molecular flexibility index (Phi) is 6.24. The van der Waals surface area contributed by atoms with E-state index in [1.54, 1.807) is 30.4 Å². The van der Waals surface area contributed by atoms with Gasteiger partial charge in [-0.3, -0.25) is 19.2 Å². The maximum absolute atomic E-state index is 13.9. The minimum atomic E-state index is -0.301. The highest BCUT2D eigenvalue weighted by molar-refractivity contribution is 6.06. The smallest absolute Gasteiger partial charge is 0.275 e. The first-order chi connectivity index (χ1) is 19.9. The molecule has 2 unspecified atom stereocenters. The number of fused-ring (bicyclic) bond motifs is 4. The van der Waals surface area contributed by atoms with Crippen molar-refractivity contribution in [2.24, 2.45) is 12.5 Å². The van der Waals surface area contributed by atoms with E-state index >= 15 is 0 Å². The van der Waals surface area contributed by atoms with Crippen LogP contribution in [0.2, 0.25) is 0 Å². The lowest BCUT2D eigenvalue weighted by Crippen LogP contribution is -2.52. The summed E-state index contributed by atoms with van der Waals surface area (Å²) in [6, 6.07) is 5.84. The highest BCUT2D eigenvalue weighted by Gasteiger charge is 2.49. The van der Waals surface area contributed by atoms with Crippen molar-refractivity contribution in [3.63, 3.8) is 0 Å². The van der Waals surface area contributed by atoms with Gasteiger partial charge in [-0.15, -0.1) is 0 Å². The Balaban J connectivity index is 1.23. The predicted molar refractivity (Wildman–Crippen MR) is 154 cm³/mol. The lowest BCUT2D eigenvalue weighted by Gasteiger charge is -2.43. The summed E-state index contributed by atoms with van der Waals surface area (Å²) in [4.78, 5) is 35.5. The van der Waals surface area contributed by atoms with Crippen LogP contribution < -0.4 is 15.8 Å². The predicted octanol–water partition coefficient (Wildman–Crippen LogP) is 2.90. The number of aliphatic hydroxyl groups is 1. The van der Waals surface area contributed by atoms with E-state index in [4.69, 9.17) is 4.74 Å². The normalized spacial score (nSPS) is 23.6. The molecule has 0 aromatic carbocycles. The van der Waals surface area contributed by atoms with E-state index in [2.05, 4.69) is 33.3 Å². The molecule has 3 aromatic heterocycles. The molecule has 0 radical (unpaired) electrons. The fourth-order valence-corrected chi connectivity index (χ4v) is 7.07. The highest BCUT2D eigenvalue weighted by Crippen LogP contribution is 2.48. The molecular weight excluding hydrogens is 522 g/mol. The van der Waals surface area contributed by atoms with Crippen molar-refractivity contribution in [1.82, 2.24) is 24.2 Å². The second kappa shape index (κ2) is 9.85. The maximum atomic E-state index is 13.9. The number of piperazine rings is 1. The third-order valence-corrected chi connectivity index (χ3v) is 9.15. The van der Waals surface area contributed by atoms with Gasteiger partial charge in [0.2, 0.25) is 0 Å². The van der Waals surface area contributed by atoms with Crippen LogP contribution in [0.3, 0.4) is 0 Å². The zero-order valence-corrected chi connectivity index (χ0v) is 23.5. The van der Waals surface area contributed by atoms with Gasteiger partial charge in [0.25, 0.3) is 11.5 Å². The zero-order chi connectivity index (χ0) is 28.3. The molecule has 0 bridgehead atoms. The van der Waals surface area contributed by atoms with E-state index < -0.39 is 0 Å². The van der Waals surface area contributed by atoms with Gasteiger partial charge in [-0.1, -0.05) is 19.8 Å². The number of hydrogen-bond donors (Lipinski definition) is 2. The quantitative estimate of drug-likeness (QED) is 0.492. The molecule has 1 aliphatic carbocycles. The molecule has 1 amide bonds. The topological polar surface area (TPSA) is 118 Å². The summed E-state index contributed by atoms with van der Waals surface area (Å²) in [7, 11) is 1.69. The largest absolute Gasteiger partial charge is 0.392 e. The van der Waals surface area contributed by atoms with Gasteiger partial charge in [0.15, 0.2) is 5.82 Å². The molecule has 11 heteroatoms. The SMILES string of the molecule is Cn1cc(-c2ccnc(N3CCN4C(=CC5(C)CCCCC45)C3=O)c2CO)cc(Nc2cc3n(n2)CCOC3)c1=O. The Labute approximate surface area is 238 Å². The first-order valence-corrected chi connectivity index (χ1v) is 14.4. The van der Waals surface area contributed by atoms with Gasteiger partial charge < -0.3 is 24.6 Å². The van der Waals surface area contributed by atoms with E-state index in [0.717, 1.165) is 36.3 Å². The van der Waals surface area contributed by atoms with Crippen molar-refractivity contribution in [3.8, 4) is 11.1 Å². The molecule has 3 aromatic rings. The van der Waals surface area contributed by atoms with Crippen LogP contribution in [-0.2, 0) is 36.3 Å². The van der Waals surface area contributed by atoms with Crippen molar-refractivity contribution in [2.75, 3.05) is 29.9 Å². The monoisotopic (exact) mass is 557 g/mol. The van der Waals surface area contributed by atoms with Gasteiger partial charge >= 0.3 is 0 Å². The Bertz CT molecular complexity index is 1600. The van der Waals surface area contributed by atoms with Gasteiger partial charge in [0.1, 0.15) is 17.2 Å². The Morgan fingerprint density at radius 3 is 2.90 bits per heavy atom. The molecule has 2 fully saturated rings. The molecule has 4 aliphatic rings. The summed E-state index contributed by atoms with van der Waals surface area (Å²) in [5, 5.41) is 18.3. The number of nitrogens with zero attached hydrogens (tertiary/aromatic N) is 6. The third kappa shape index (κ3) is 4.26. The maximum Gasteiger partial charge on any atom is 0.275 e. The van der Waals surface area contributed by atoms with E-state index in [1.807, 2.05) is 16.8 Å². The van der Waals surface area contributed by atoms with Crippen LogP contribution in [0.4, 0.5) is 17.3 Å². The van der Waals surface area contributed by atoms with Gasteiger partial charge in [-0.2, -0.15) is 5.10 Å². The number of aliphatic hydroxyl groups excluding tert-OH is 1. The van der Waals surface area contributed by atoms with Crippen LogP contribution in [-0.4, -0.2) is 61.0 Å². The van der Waals surface area contributed by atoms with Crippen LogP contribution in [0.5, 0.6) is 0 Å². The van der Waals surface area contributed by atoms with Crippen LogP contribution in [0.25, 0.3) is 11.1 Å². The number of aryl methyl sites for hydroxylation is 1. The van der Waals surface area contributed by atoms with Gasteiger partial charge in [-0.05, 0) is 36.6 Å². The molecule has 2 N–H and O–H groups in total. The number of pyridine rings is 2. The number of carbonyl (C=O) groups is 1. The summed E-state index contributed by atoms with van der Waals surface area (Å²) in [6.07, 6.45) is 10.2. The molecule has 7 rings (SSSR count). The number of nitrogens with one attached hydrogen (secondary N) is 1. The average molecular weight is 558 g/mol. The number of rotatable bonds is 5. The van der Waals surface area contributed by atoms with Gasteiger partial charge in [0, 0.05) is 61.2 Å². The Hall–Kier alpha value is -3.96. The average Bonchev–Trinajstić information content (AvgIpc) is 3.53. The number of ether oxygens (including phenoxy) is 1. The minimum absolute atomic E-state index is 0.0218. The van der Waals surface area contributed by atoms with Crippen molar-refractivity contribution < 1.29 is 14.6 Å². The van der Waals surface area contributed by atoms with E-state index in [1.165, 1.54) is 17.4 Å². The van der Waals surface area contributed by atoms with Crippen molar-refractivity contribution in [3.05, 3.63) is 64.0 Å². The summed E-state index contributed by atoms with van der Waals surface area (Å²) >= 11 is 0. The summed E-state index contributed by atoms with van der Waals surface area (Å²) < 4.78 is 8.90. The van der Waals surface area contributed by atoms with E-state index in [9.17, 15) is 14.7 Å². The van der Waals surface area contributed by atoms with Crippen LogP contribution >= 0.6 is 0 Å². The highest BCUT2D eigenvalue weighted by atomic mass is 16.5. The number of anilines is 3. The molecular formula is C30H35N7O4. The fraction of sp³-hybridized carbons (Fsp3) is 0.467. The Morgan fingerprint density at radius 2 is 2.07 bits per heavy atom. The molecule has 41 heavy (non-hydrogen) atoms. The molecule has 0 spiro atoms. The lowest BCUT2D eigenvalue weighted by atomic mass is 9.73. The van der Waals surface area contributed by atoms with E-state index in [0.29, 0.717) is 60.8 Å². The molecule has 214 valence electrons. The molecule has 11 nitrogen and oxygen atoms in total. The summed E-state index contributed by atoms with van der Waals surface area (Å²) in [5.41, 5.74) is 3.87. The summed E-state index contributed by atoms with van der Waals surface area (Å²) in [5.74, 6) is 0.961. The fourth-order valence-electron chi connectivity index (χ4n) is 7.07. The van der Waals surface area contributed by atoms with Gasteiger partial charge in [0.05, 0.1) is 32.1 Å². The van der Waals surface area contributed by atoms with Crippen LogP contribution in [0, 0.1) is 5.41 Å². The second-order valence-corrected chi connectivity index (χ2v) is 11.7. The van der Waals surface area contributed by atoms with Gasteiger partial charge in [-0.25, -0.2) is 4.98 Å². The minimum Gasteiger partial charge on any atom is -0.392 e. The zero-order valence-electron chi connectivity index (χ0n) is 23.5. The molecule has 6 heterocycles. The second-order valence-electron chi connectivity index (χ2n) is 11.7. The Morgan fingerprint density at radius 1 is 1.20 bits per heavy atom. The van der Waals surface area contributed by atoms with Crippen LogP contribution in [0.1, 0.15) is 43.9 Å². The molecule has 1 saturated carbocycles. The lowest BCUT2D eigenvalue weighted by molar-refractivity contribution is -0.118. The van der Waals surface area contributed by atoms with Crippen LogP contribution in [0.15, 0.2) is 47.2 Å². The van der Waals surface area contributed by atoms with Crippen molar-refractivity contribution >= 4 is 23.2 Å².